The molecular weight excluding hydrogens is 396 g/mol. The minimum atomic E-state index is -0.840. The molecule has 6 nitrogen and oxygen atoms in total. The van der Waals surface area contributed by atoms with Crippen LogP contribution in [-0.2, 0) is 9.53 Å². The number of Topliss-reactive ketones (excluding diaryl/α,β-unsaturated/α-hetero) is 1. The number of hydrogen-bond acceptors (Lipinski definition) is 6. The van der Waals surface area contributed by atoms with E-state index in [-0.39, 0.29) is 29.6 Å². The van der Waals surface area contributed by atoms with E-state index < -0.39 is 11.4 Å². The summed E-state index contributed by atoms with van der Waals surface area (Å²) in [4.78, 5) is 36.1. The molecule has 1 aromatic heterocycles. The number of ketones is 1. The van der Waals surface area contributed by atoms with Gasteiger partial charge in [0.05, 0.1) is 13.5 Å². The molecular formula is C25H34O6. The number of esters is 1. The molecule has 0 aromatic carbocycles. The van der Waals surface area contributed by atoms with Crippen LogP contribution in [0.4, 0.5) is 0 Å². The fourth-order valence-corrected chi connectivity index (χ4v) is 2.90. The maximum atomic E-state index is 12.7. The Hall–Kier alpha value is -2.89. The molecule has 0 aliphatic heterocycles. The maximum Gasteiger partial charge on any atom is 0.351 e. The van der Waals surface area contributed by atoms with Gasteiger partial charge in [-0.15, -0.1) is 0 Å². The fraction of sp³-hybridized carbons (Fsp3) is 0.480. The smallest absolute Gasteiger partial charge is 0.351 e. The number of aromatic hydroxyl groups is 1. The Labute approximate surface area is 184 Å². The molecule has 0 bridgehead atoms. The van der Waals surface area contributed by atoms with Crippen molar-refractivity contribution in [3.8, 4) is 5.75 Å². The van der Waals surface area contributed by atoms with Gasteiger partial charge in [-0.05, 0) is 45.1 Å². The quantitative estimate of drug-likeness (QED) is 0.152. The summed E-state index contributed by atoms with van der Waals surface area (Å²) in [5.74, 6) is -1.06. The summed E-state index contributed by atoms with van der Waals surface area (Å²) in [5.41, 5.74) is 0.319. The Morgan fingerprint density at radius 3 is 2.55 bits per heavy atom. The molecule has 0 radical (unpaired) electrons. The van der Waals surface area contributed by atoms with Crippen LogP contribution in [0.1, 0.15) is 88.3 Å². The predicted octanol–water partition coefficient (Wildman–Crippen LogP) is 5.61. The van der Waals surface area contributed by atoms with E-state index in [2.05, 4.69) is 11.7 Å². The molecule has 1 heterocycles. The molecule has 1 N–H and O–H groups in total. The number of carbonyl (C=O) groups is 2. The molecule has 0 saturated heterocycles. The predicted molar refractivity (Wildman–Crippen MR) is 121 cm³/mol. The van der Waals surface area contributed by atoms with Crippen LogP contribution in [0.3, 0.4) is 0 Å². The average molecular weight is 431 g/mol. The number of unbranched alkanes of at least 4 members (excludes halogenated alkanes) is 1. The molecule has 0 aliphatic carbocycles. The lowest BCUT2D eigenvalue weighted by Gasteiger charge is -2.11. The van der Waals surface area contributed by atoms with Crippen LogP contribution in [-0.4, -0.2) is 24.0 Å². The largest absolute Gasteiger partial charge is 0.507 e. The van der Waals surface area contributed by atoms with Gasteiger partial charge in [0.25, 0.3) is 0 Å². The highest BCUT2D eigenvalue weighted by molar-refractivity contribution is 6.09. The minimum absolute atomic E-state index is 0.147. The fourth-order valence-electron chi connectivity index (χ4n) is 2.90. The molecule has 0 saturated carbocycles. The zero-order valence-corrected chi connectivity index (χ0v) is 19.2. The van der Waals surface area contributed by atoms with E-state index in [0.717, 1.165) is 24.8 Å². The molecule has 0 aliphatic rings. The molecule has 0 amide bonds. The Morgan fingerprint density at radius 2 is 1.94 bits per heavy atom. The molecule has 1 aromatic rings. The third-order valence-corrected chi connectivity index (χ3v) is 5.01. The molecule has 6 heteroatoms. The first kappa shape index (κ1) is 26.1. The van der Waals surface area contributed by atoms with Gasteiger partial charge in [-0.1, -0.05) is 50.1 Å². The Bertz CT molecular complexity index is 901. The Kier molecular flexibility index (Phi) is 11.3. The van der Waals surface area contributed by atoms with Crippen molar-refractivity contribution < 1.29 is 23.8 Å². The summed E-state index contributed by atoms with van der Waals surface area (Å²) >= 11 is 0. The highest BCUT2D eigenvalue weighted by Gasteiger charge is 2.21. The van der Waals surface area contributed by atoms with Gasteiger partial charge in [-0.3, -0.25) is 9.59 Å². The number of rotatable bonds is 12. The first-order chi connectivity index (χ1) is 14.7. The highest BCUT2D eigenvalue weighted by Crippen LogP contribution is 2.26. The van der Waals surface area contributed by atoms with E-state index in [1.807, 2.05) is 26.0 Å². The van der Waals surface area contributed by atoms with Crippen LogP contribution in [0.2, 0.25) is 0 Å². The third-order valence-electron chi connectivity index (χ3n) is 5.01. The second-order valence-corrected chi connectivity index (χ2v) is 7.72. The van der Waals surface area contributed by atoms with Gasteiger partial charge in [0.15, 0.2) is 5.78 Å². The van der Waals surface area contributed by atoms with Gasteiger partial charge in [0, 0.05) is 12.0 Å². The number of ether oxygens (including phenoxy) is 1. The lowest BCUT2D eigenvalue weighted by molar-refractivity contribution is -0.139. The Morgan fingerprint density at radius 1 is 1.23 bits per heavy atom. The lowest BCUT2D eigenvalue weighted by Crippen LogP contribution is -2.16. The van der Waals surface area contributed by atoms with Crippen molar-refractivity contribution in [2.45, 2.75) is 72.1 Å². The van der Waals surface area contributed by atoms with Crippen molar-refractivity contribution in [3.63, 3.8) is 0 Å². The monoisotopic (exact) mass is 430 g/mol. The number of carbonyl (C=O) groups excluding carboxylic acids is 2. The van der Waals surface area contributed by atoms with Crippen molar-refractivity contribution in [1.82, 2.24) is 0 Å². The summed E-state index contributed by atoms with van der Waals surface area (Å²) < 4.78 is 9.90. The average Bonchev–Trinajstić information content (AvgIpc) is 2.74. The SMILES string of the molecule is CCCC/C(C)=C\C=C(/C)C(=O)c1c(O)cc(C(C)CC/C=C/CC(=O)OC)oc1=O. The second-order valence-electron chi connectivity index (χ2n) is 7.72. The maximum absolute atomic E-state index is 12.7. The normalized spacial score (nSPS) is 13.5. The first-order valence-electron chi connectivity index (χ1n) is 10.7. The van der Waals surface area contributed by atoms with Gasteiger partial charge >= 0.3 is 11.6 Å². The van der Waals surface area contributed by atoms with E-state index in [9.17, 15) is 19.5 Å². The van der Waals surface area contributed by atoms with E-state index >= 15 is 0 Å². The minimum Gasteiger partial charge on any atom is -0.507 e. The van der Waals surface area contributed by atoms with E-state index in [1.165, 1.54) is 13.2 Å². The summed E-state index contributed by atoms with van der Waals surface area (Å²) in [5, 5.41) is 10.3. The van der Waals surface area contributed by atoms with Crippen molar-refractivity contribution in [3.05, 3.63) is 63.3 Å². The first-order valence-corrected chi connectivity index (χ1v) is 10.7. The van der Waals surface area contributed by atoms with Gasteiger partial charge in [-0.25, -0.2) is 4.79 Å². The summed E-state index contributed by atoms with van der Waals surface area (Å²) in [6.07, 6.45) is 11.8. The van der Waals surface area contributed by atoms with Crippen molar-refractivity contribution in [2.24, 2.45) is 0 Å². The lowest BCUT2D eigenvalue weighted by atomic mass is 9.99. The molecule has 0 fully saturated rings. The zero-order valence-electron chi connectivity index (χ0n) is 19.2. The van der Waals surface area contributed by atoms with Gasteiger partial charge in [0.1, 0.15) is 17.1 Å². The van der Waals surface area contributed by atoms with Crippen LogP contribution >= 0.6 is 0 Å². The van der Waals surface area contributed by atoms with Crippen molar-refractivity contribution in [2.75, 3.05) is 7.11 Å². The standard InChI is InChI=1S/C25H34O6/c1-6-7-11-17(2)14-15-19(4)24(28)23-20(26)16-21(31-25(23)29)18(3)12-9-8-10-13-22(27)30-5/h8,10,14-16,18,26H,6-7,9,11-13H2,1-5H3/b10-8+,17-14-,19-15+. The summed E-state index contributed by atoms with van der Waals surface area (Å²) in [7, 11) is 1.34. The van der Waals surface area contributed by atoms with Crippen LogP contribution in [0.25, 0.3) is 0 Å². The number of allylic oxidation sites excluding steroid dienone is 5. The van der Waals surface area contributed by atoms with Crippen LogP contribution in [0, 0.1) is 0 Å². The van der Waals surface area contributed by atoms with E-state index in [0.29, 0.717) is 24.2 Å². The zero-order chi connectivity index (χ0) is 23.4. The summed E-state index contributed by atoms with van der Waals surface area (Å²) in [6.45, 7) is 7.59. The van der Waals surface area contributed by atoms with E-state index in [1.54, 1.807) is 19.1 Å². The van der Waals surface area contributed by atoms with Crippen molar-refractivity contribution >= 4 is 11.8 Å². The third kappa shape index (κ3) is 8.79. The molecule has 31 heavy (non-hydrogen) atoms. The van der Waals surface area contributed by atoms with Gasteiger partial charge in [-0.2, -0.15) is 0 Å². The van der Waals surface area contributed by atoms with Crippen LogP contribution in [0.5, 0.6) is 5.75 Å². The topological polar surface area (TPSA) is 93.8 Å². The van der Waals surface area contributed by atoms with Crippen LogP contribution < -0.4 is 5.63 Å². The van der Waals surface area contributed by atoms with Crippen molar-refractivity contribution in [1.29, 1.82) is 0 Å². The molecule has 1 atom stereocenters. The molecule has 1 rings (SSSR count). The molecule has 0 spiro atoms. The van der Waals surface area contributed by atoms with E-state index in [4.69, 9.17) is 4.42 Å². The molecule has 1 unspecified atom stereocenters. The number of hydrogen-bond donors (Lipinski definition) is 1. The van der Waals surface area contributed by atoms with Gasteiger partial charge < -0.3 is 14.3 Å². The summed E-state index contributed by atoms with van der Waals surface area (Å²) in [6, 6.07) is 1.34. The molecule has 170 valence electrons. The van der Waals surface area contributed by atoms with Crippen LogP contribution in [0.15, 0.2) is 50.7 Å². The number of methoxy groups -OCH3 is 1. The van der Waals surface area contributed by atoms with Gasteiger partial charge in [0.2, 0.25) is 0 Å². The second kappa shape index (κ2) is 13.4. The Balaban J connectivity index is 2.88. The highest BCUT2D eigenvalue weighted by atomic mass is 16.5.